The Labute approximate surface area is 129 Å². The van der Waals surface area contributed by atoms with E-state index in [1.54, 1.807) is 0 Å². The Bertz CT molecular complexity index is 410. The van der Waals surface area contributed by atoms with E-state index in [1.165, 1.54) is 32.1 Å². The van der Waals surface area contributed by atoms with E-state index in [9.17, 15) is 0 Å². The van der Waals surface area contributed by atoms with Gasteiger partial charge in [0.2, 0.25) is 5.89 Å². The summed E-state index contributed by atoms with van der Waals surface area (Å²) in [6, 6.07) is 0.365. The van der Waals surface area contributed by atoms with Crippen molar-refractivity contribution < 1.29 is 4.52 Å². The van der Waals surface area contributed by atoms with Crippen LogP contribution in [-0.2, 0) is 0 Å². The van der Waals surface area contributed by atoms with Crippen LogP contribution in [0, 0.1) is 5.92 Å². The number of hydrogen-bond donors (Lipinski definition) is 1. The van der Waals surface area contributed by atoms with Crippen molar-refractivity contribution in [3.8, 4) is 0 Å². The average Bonchev–Trinajstić information content (AvgIpc) is 2.95. The molecule has 21 heavy (non-hydrogen) atoms. The van der Waals surface area contributed by atoms with Crippen molar-refractivity contribution in [2.75, 3.05) is 6.54 Å². The predicted molar refractivity (Wildman–Crippen MR) is 85.5 cm³/mol. The molecule has 1 fully saturated rings. The van der Waals surface area contributed by atoms with Crippen LogP contribution >= 0.6 is 0 Å². The van der Waals surface area contributed by atoms with Crippen LogP contribution < -0.4 is 5.32 Å². The number of nitrogens with one attached hydrogen (secondary N) is 1. The molecule has 2 unspecified atom stereocenters. The summed E-state index contributed by atoms with van der Waals surface area (Å²) in [7, 11) is 0. The molecule has 4 heteroatoms. The van der Waals surface area contributed by atoms with Crippen LogP contribution in [0.4, 0.5) is 0 Å². The summed E-state index contributed by atoms with van der Waals surface area (Å²) >= 11 is 0. The van der Waals surface area contributed by atoms with E-state index < -0.39 is 0 Å². The molecule has 1 heterocycles. The Morgan fingerprint density at radius 1 is 1.19 bits per heavy atom. The second-order valence-corrected chi connectivity index (χ2v) is 6.84. The fourth-order valence-corrected chi connectivity index (χ4v) is 3.48. The van der Waals surface area contributed by atoms with Crippen molar-refractivity contribution in [3.05, 3.63) is 11.7 Å². The van der Waals surface area contributed by atoms with Crippen LogP contribution in [0.3, 0.4) is 0 Å². The van der Waals surface area contributed by atoms with Gasteiger partial charge in [-0.2, -0.15) is 4.98 Å². The van der Waals surface area contributed by atoms with Crippen LogP contribution in [0.2, 0.25) is 0 Å². The molecule has 1 aliphatic carbocycles. The predicted octanol–water partition coefficient (Wildman–Crippen LogP) is 4.25. The summed E-state index contributed by atoms with van der Waals surface area (Å²) in [5.74, 6) is 3.06. The van der Waals surface area contributed by atoms with Crippen LogP contribution in [0.15, 0.2) is 4.52 Å². The van der Waals surface area contributed by atoms with E-state index >= 15 is 0 Å². The minimum Gasteiger partial charge on any atom is -0.339 e. The number of hydrogen-bond acceptors (Lipinski definition) is 4. The first-order valence-electron chi connectivity index (χ1n) is 8.70. The van der Waals surface area contributed by atoms with Gasteiger partial charge in [0.25, 0.3) is 0 Å². The monoisotopic (exact) mass is 293 g/mol. The molecule has 0 aliphatic heterocycles. The summed E-state index contributed by atoms with van der Waals surface area (Å²) in [5.41, 5.74) is 0. The summed E-state index contributed by atoms with van der Waals surface area (Å²) in [6.45, 7) is 9.93. The molecule has 4 nitrogen and oxygen atoms in total. The van der Waals surface area contributed by atoms with Crippen LogP contribution in [0.1, 0.15) is 89.8 Å². The van der Waals surface area contributed by atoms with E-state index in [-0.39, 0.29) is 0 Å². The molecule has 1 aliphatic rings. The third-order valence-corrected chi connectivity index (χ3v) is 4.69. The standard InChI is InChI=1S/C17H31N3O/c1-5-11-18-13(4)15(12(2)3)17-19-16(20-21-17)14-9-7-6-8-10-14/h12-15,18H,5-11H2,1-4H3. The van der Waals surface area contributed by atoms with E-state index in [0.29, 0.717) is 23.8 Å². The van der Waals surface area contributed by atoms with Gasteiger partial charge < -0.3 is 9.84 Å². The molecule has 0 bridgehead atoms. The molecule has 1 saturated carbocycles. The van der Waals surface area contributed by atoms with Gasteiger partial charge >= 0.3 is 0 Å². The minimum atomic E-state index is 0.293. The Morgan fingerprint density at radius 3 is 2.52 bits per heavy atom. The summed E-state index contributed by atoms with van der Waals surface area (Å²) in [6.07, 6.45) is 7.54. The maximum atomic E-state index is 5.64. The highest BCUT2D eigenvalue weighted by atomic mass is 16.5. The van der Waals surface area contributed by atoms with Gasteiger partial charge in [0.05, 0.1) is 5.92 Å². The van der Waals surface area contributed by atoms with Gasteiger partial charge in [-0.15, -0.1) is 0 Å². The molecule has 1 aromatic rings. The Morgan fingerprint density at radius 2 is 1.90 bits per heavy atom. The van der Waals surface area contributed by atoms with Gasteiger partial charge in [-0.1, -0.05) is 45.2 Å². The quantitative estimate of drug-likeness (QED) is 0.816. The molecule has 120 valence electrons. The van der Waals surface area contributed by atoms with Gasteiger partial charge in [-0.05, 0) is 38.6 Å². The lowest BCUT2D eigenvalue weighted by molar-refractivity contribution is 0.277. The first kappa shape index (κ1) is 16.5. The smallest absolute Gasteiger partial charge is 0.231 e. The Balaban J connectivity index is 2.08. The zero-order valence-electron chi connectivity index (χ0n) is 14.1. The molecule has 2 rings (SSSR count). The van der Waals surface area contributed by atoms with Crippen molar-refractivity contribution in [1.82, 2.24) is 15.5 Å². The van der Waals surface area contributed by atoms with Crippen molar-refractivity contribution in [2.24, 2.45) is 5.92 Å². The highest BCUT2D eigenvalue weighted by Crippen LogP contribution is 2.33. The fraction of sp³-hybridized carbons (Fsp3) is 0.882. The second kappa shape index (κ2) is 7.92. The Hall–Kier alpha value is -0.900. The van der Waals surface area contributed by atoms with Crippen LogP contribution in [-0.4, -0.2) is 22.7 Å². The highest BCUT2D eigenvalue weighted by molar-refractivity contribution is 5.03. The second-order valence-electron chi connectivity index (χ2n) is 6.84. The van der Waals surface area contributed by atoms with Crippen molar-refractivity contribution in [1.29, 1.82) is 0 Å². The normalized spacial score (nSPS) is 19.9. The first-order chi connectivity index (χ1) is 10.1. The van der Waals surface area contributed by atoms with E-state index in [0.717, 1.165) is 24.7 Å². The molecule has 1 aromatic heterocycles. The van der Waals surface area contributed by atoms with Crippen molar-refractivity contribution in [2.45, 2.75) is 84.1 Å². The average molecular weight is 293 g/mol. The van der Waals surface area contributed by atoms with Gasteiger partial charge in [0.1, 0.15) is 0 Å². The van der Waals surface area contributed by atoms with E-state index in [2.05, 4.69) is 38.2 Å². The summed E-state index contributed by atoms with van der Waals surface area (Å²) in [5, 5.41) is 7.87. The largest absolute Gasteiger partial charge is 0.339 e. The maximum Gasteiger partial charge on any atom is 0.231 e. The van der Waals surface area contributed by atoms with Gasteiger partial charge in [-0.3, -0.25) is 0 Å². The molecule has 0 saturated heterocycles. The van der Waals surface area contributed by atoms with Crippen LogP contribution in [0.5, 0.6) is 0 Å². The summed E-state index contributed by atoms with van der Waals surface area (Å²) < 4.78 is 5.64. The fourth-order valence-electron chi connectivity index (χ4n) is 3.48. The molecular weight excluding hydrogens is 262 g/mol. The topological polar surface area (TPSA) is 51.0 Å². The number of nitrogens with zero attached hydrogens (tertiary/aromatic N) is 2. The molecule has 2 atom stereocenters. The third-order valence-electron chi connectivity index (χ3n) is 4.69. The lowest BCUT2D eigenvalue weighted by Crippen LogP contribution is -2.35. The zero-order chi connectivity index (χ0) is 15.2. The van der Waals surface area contributed by atoms with Crippen molar-refractivity contribution >= 4 is 0 Å². The molecule has 0 spiro atoms. The van der Waals surface area contributed by atoms with Gasteiger partial charge in [-0.25, -0.2) is 0 Å². The zero-order valence-corrected chi connectivity index (χ0v) is 14.1. The number of aromatic nitrogens is 2. The van der Waals surface area contributed by atoms with Gasteiger partial charge in [0, 0.05) is 12.0 Å². The van der Waals surface area contributed by atoms with E-state index in [1.807, 2.05) is 0 Å². The SMILES string of the molecule is CCCNC(C)C(c1nc(C2CCCCC2)no1)C(C)C. The molecule has 0 amide bonds. The Kier molecular flexibility index (Phi) is 6.22. The molecule has 0 aromatic carbocycles. The highest BCUT2D eigenvalue weighted by Gasteiger charge is 2.29. The molecule has 0 radical (unpaired) electrons. The molecular formula is C17H31N3O. The third kappa shape index (κ3) is 4.29. The lowest BCUT2D eigenvalue weighted by Gasteiger charge is -2.25. The van der Waals surface area contributed by atoms with Gasteiger partial charge in [0.15, 0.2) is 5.82 Å². The maximum absolute atomic E-state index is 5.64. The molecule has 1 N–H and O–H groups in total. The number of rotatable bonds is 7. The minimum absolute atomic E-state index is 0.293. The summed E-state index contributed by atoms with van der Waals surface area (Å²) in [4.78, 5) is 4.77. The lowest BCUT2D eigenvalue weighted by atomic mass is 9.88. The van der Waals surface area contributed by atoms with E-state index in [4.69, 9.17) is 9.51 Å². The van der Waals surface area contributed by atoms with Crippen LogP contribution in [0.25, 0.3) is 0 Å². The first-order valence-corrected chi connectivity index (χ1v) is 8.70. The van der Waals surface area contributed by atoms with Crippen molar-refractivity contribution in [3.63, 3.8) is 0 Å².